The molecule has 0 fully saturated rings. The van der Waals surface area contributed by atoms with Crippen molar-refractivity contribution in [1.82, 2.24) is 20.1 Å². The summed E-state index contributed by atoms with van der Waals surface area (Å²) in [6.07, 6.45) is 3.01. The van der Waals surface area contributed by atoms with Gasteiger partial charge in [0.1, 0.15) is 12.7 Å². The smallest absolute Gasteiger partial charge is 0.255 e. The number of hydrogen-bond acceptors (Lipinski definition) is 4. The molecule has 0 unspecified atom stereocenters. The van der Waals surface area contributed by atoms with Gasteiger partial charge in [-0.05, 0) is 29.8 Å². The van der Waals surface area contributed by atoms with E-state index in [0.717, 1.165) is 11.3 Å². The molecule has 3 aromatic rings. The SMILES string of the molecule is CC(=O)NCc1ccc(C(=O)Nc2ccccc2-n2cncn2)cc1. The van der Waals surface area contributed by atoms with Crippen LogP contribution in [0.3, 0.4) is 0 Å². The lowest BCUT2D eigenvalue weighted by molar-refractivity contribution is -0.119. The van der Waals surface area contributed by atoms with Crippen LogP contribution in [0.15, 0.2) is 61.2 Å². The standard InChI is InChI=1S/C18H17N5O2/c1-13(24)20-10-14-6-8-15(9-7-14)18(25)22-16-4-2-3-5-17(16)23-12-19-11-21-23/h2-9,11-12H,10H2,1H3,(H,20,24)(H,22,25). The zero-order valence-electron chi connectivity index (χ0n) is 13.6. The lowest BCUT2D eigenvalue weighted by atomic mass is 10.1. The fraction of sp³-hybridized carbons (Fsp3) is 0.111. The second kappa shape index (κ2) is 7.39. The number of nitrogens with zero attached hydrogens (tertiary/aromatic N) is 3. The van der Waals surface area contributed by atoms with Crippen molar-refractivity contribution < 1.29 is 9.59 Å². The summed E-state index contributed by atoms with van der Waals surface area (Å²) in [7, 11) is 0. The predicted octanol–water partition coefficient (Wildman–Crippen LogP) is 2.16. The highest BCUT2D eigenvalue weighted by Crippen LogP contribution is 2.19. The number of carbonyl (C=O) groups is 2. The van der Waals surface area contributed by atoms with E-state index in [0.29, 0.717) is 17.8 Å². The van der Waals surface area contributed by atoms with Crippen molar-refractivity contribution in [2.45, 2.75) is 13.5 Å². The predicted molar refractivity (Wildman–Crippen MR) is 93.3 cm³/mol. The number of hydrogen-bond donors (Lipinski definition) is 2. The number of carbonyl (C=O) groups excluding carboxylic acids is 2. The fourth-order valence-corrected chi connectivity index (χ4v) is 2.31. The highest BCUT2D eigenvalue weighted by Gasteiger charge is 2.10. The summed E-state index contributed by atoms with van der Waals surface area (Å²) in [4.78, 5) is 27.4. The molecule has 0 aliphatic rings. The highest BCUT2D eigenvalue weighted by molar-refractivity contribution is 6.05. The first-order valence-electron chi connectivity index (χ1n) is 7.72. The van der Waals surface area contributed by atoms with Crippen LogP contribution in [0.1, 0.15) is 22.8 Å². The zero-order valence-corrected chi connectivity index (χ0v) is 13.6. The molecule has 2 N–H and O–H groups in total. The van der Waals surface area contributed by atoms with E-state index < -0.39 is 0 Å². The summed E-state index contributed by atoms with van der Waals surface area (Å²) < 4.78 is 1.59. The number of anilines is 1. The lowest BCUT2D eigenvalue weighted by Gasteiger charge is -2.11. The van der Waals surface area contributed by atoms with Gasteiger partial charge >= 0.3 is 0 Å². The van der Waals surface area contributed by atoms with Gasteiger partial charge in [-0.25, -0.2) is 9.67 Å². The topological polar surface area (TPSA) is 88.9 Å². The normalized spacial score (nSPS) is 10.3. The van der Waals surface area contributed by atoms with E-state index in [1.165, 1.54) is 13.3 Å². The van der Waals surface area contributed by atoms with Crippen LogP contribution in [-0.2, 0) is 11.3 Å². The molecule has 7 heteroatoms. The number of amides is 2. The van der Waals surface area contributed by atoms with Crippen molar-refractivity contribution in [3.63, 3.8) is 0 Å². The Kier molecular flexibility index (Phi) is 4.84. The third-order valence-corrected chi connectivity index (χ3v) is 3.58. The molecule has 0 atom stereocenters. The summed E-state index contributed by atoms with van der Waals surface area (Å²) in [5, 5.41) is 9.70. The van der Waals surface area contributed by atoms with Gasteiger partial charge in [0.25, 0.3) is 5.91 Å². The first-order valence-corrected chi connectivity index (χ1v) is 7.72. The van der Waals surface area contributed by atoms with Crippen LogP contribution in [0, 0.1) is 0 Å². The van der Waals surface area contributed by atoms with Crippen molar-refractivity contribution in [3.8, 4) is 5.69 Å². The Morgan fingerprint density at radius 1 is 1.08 bits per heavy atom. The van der Waals surface area contributed by atoms with Crippen LogP contribution in [0.5, 0.6) is 0 Å². The molecular formula is C18H17N5O2. The van der Waals surface area contributed by atoms with Gasteiger partial charge < -0.3 is 10.6 Å². The van der Waals surface area contributed by atoms with Crippen LogP contribution in [0.2, 0.25) is 0 Å². The molecule has 0 saturated carbocycles. The van der Waals surface area contributed by atoms with Gasteiger partial charge in [-0.15, -0.1) is 0 Å². The minimum atomic E-state index is -0.223. The molecule has 25 heavy (non-hydrogen) atoms. The van der Waals surface area contributed by atoms with Gasteiger partial charge in [0, 0.05) is 19.0 Å². The van der Waals surface area contributed by atoms with E-state index in [1.807, 2.05) is 30.3 Å². The van der Waals surface area contributed by atoms with Gasteiger partial charge in [0.2, 0.25) is 5.91 Å². The molecule has 0 bridgehead atoms. The molecule has 0 radical (unpaired) electrons. The number of rotatable bonds is 5. The quantitative estimate of drug-likeness (QED) is 0.748. The first kappa shape index (κ1) is 16.4. The molecule has 0 saturated heterocycles. The van der Waals surface area contributed by atoms with Crippen molar-refractivity contribution in [2.24, 2.45) is 0 Å². The first-order chi connectivity index (χ1) is 12.1. The third-order valence-electron chi connectivity index (χ3n) is 3.58. The Morgan fingerprint density at radius 2 is 1.84 bits per heavy atom. The van der Waals surface area contributed by atoms with Crippen LogP contribution in [-0.4, -0.2) is 26.6 Å². The molecular weight excluding hydrogens is 318 g/mol. The van der Waals surface area contributed by atoms with Crippen molar-refractivity contribution in [1.29, 1.82) is 0 Å². The van der Waals surface area contributed by atoms with Gasteiger partial charge in [-0.2, -0.15) is 5.10 Å². The Labute approximate surface area is 144 Å². The van der Waals surface area contributed by atoms with Crippen LogP contribution >= 0.6 is 0 Å². The minimum Gasteiger partial charge on any atom is -0.352 e. The van der Waals surface area contributed by atoms with Crippen molar-refractivity contribution in [2.75, 3.05) is 5.32 Å². The zero-order chi connectivity index (χ0) is 17.6. The molecule has 0 spiro atoms. The Morgan fingerprint density at radius 3 is 2.52 bits per heavy atom. The van der Waals surface area contributed by atoms with Gasteiger partial charge in [-0.1, -0.05) is 24.3 Å². The molecule has 126 valence electrons. The largest absolute Gasteiger partial charge is 0.352 e. The highest BCUT2D eigenvalue weighted by atomic mass is 16.2. The van der Waals surface area contributed by atoms with Crippen LogP contribution in [0.4, 0.5) is 5.69 Å². The third kappa shape index (κ3) is 4.08. The number of benzene rings is 2. The number of aromatic nitrogens is 3. The van der Waals surface area contributed by atoms with Crippen molar-refractivity contribution in [3.05, 3.63) is 72.3 Å². The molecule has 2 amide bonds. The molecule has 0 aliphatic heterocycles. The van der Waals surface area contributed by atoms with Crippen LogP contribution in [0.25, 0.3) is 5.69 Å². The van der Waals surface area contributed by atoms with Gasteiger partial charge in [-0.3, -0.25) is 9.59 Å². The van der Waals surface area contributed by atoms with E-state index in [-0.39, 0.29) is 11.8 Å². The minimum absolute atomic E-state index is 0.0912. The molecule has 2 aromatic carbocycles. The second-order valence-corrected chi connectivity index (χ2v) is 5.42. The molecule has 3 rings (SSSR count). The Bertz CT molecular complexity index is 873. The Balaban J connectivity index is 1.74. The summed E-state index contributed by atoms with van der Waals surface area (Å²) in [5.74, 6) is -0.315. The molecule has 7 nitrogen and oxygen atoms in total. The maximum Gasteiger partial charge on any atom is 0.255 e. The van der Waals surface area contributed by atoms with E-state index in [4.69, 9.17) is 0 Å². The maximum absolute atomic E-state index is 12.5. The average Bonchev–Trinajstić information content (AvgIpc) is 3.15. The number of nitrogens with one attached hydrogen (secondary N) is 2. The summed E-state index contributed by atoms with van der Waals surface area (Å²) in [6.45, 7) is 1.90. The van der Waals surface area contributed by atoms with E-state index in [2.05, 4.69) is 20.7 Å². The maximum atomic E-state index is 12.5. The van der Waals surface area contributed by atoms with E-state index >= 15 is 0 Å². The summed E-state index contributed by atoms with van der Waals surface area (Å²) in [6, 6.07) is 14.4. The summed E-state index contributed by atoms with van der Waals surface area (Å²) >= 11 is 0. The molecule has 1 heterocycles. The summed E-state index contributed by atoms with van der Waals surface area (Å²) in [5.41, 5.74) is 2.82. The lowest BCUT2D eigenvalue weighted by Crippen LogP contribution is -2.19. The Hall–Kier alpha value is -3.48. The van der Waals surface area contributed by atoms with Gasteiger partial charge in [0.15, 0.2) is 0 Å². The van der Waals surface area contributed by atoms with Crippen molar-refractivity contribution >= 4 is 17.5 Å². The molecule has 0 aliphatic carbocycles. The fourth-order valence-electron chi connectivity index (χ4n) is 2.31. The van der Waals surface area contributed by atoms with Gasteiger partial charge in [0.05, 0.1) is 11.4 Å². The molecule has 1 aromatic heterocycles. The monoisotopic (exact) mass is 335 g/mol. The number of para-hydroxylation sites is 2. The van der Waals surface area contributed by atoms with Crippen LogP contribution < -0.4 is 10.6 Å². The van der Waals surface area contributed by atoms with E-state index in [1.54, 1.807) is 29.2 Å². The van der Waals surface area contributed by atoms with E-state index in [9.17, 15) is 9.59 Å². The average molecular weight is 335 g/mol. The second-order valence-electron chi connectivity index (χ2n) is 5.42.